The molecule has 0 atom stereocenters. The molecule has 0 unspecified atom stereocenters. The first-order chi connectivity index (χ1) is 14.6. The highest BCUT2D eigenvalue weighted by Gasteiger charge is 2.13. The maximum absolute atomic E-state index is 6.32. The average molecular weight is 399 g/mol. The summed E-state index contributed by atoms with van der Waals surface area (Å²) in [5, 5.41) is 0. The lowest BCUT2D eigenvalue weighted by Crippen LogP contribution is -2.09. The summed E-state index contributed by atoms with van der Waals surface area (Å²) in [6.07, 6.45) is 2.13. The van der Waals surface area contributed by atoms with Crippen molar-refractivity contribution in [3.63, 3.8) is 0 Å². The summed E-state index contributed by atoms with van der Waals surface area (Å²) < 4.78 is 8.64. The number of ether oxygens (including phenoxy) is 1. The maximum Gasteiger partial charge on any atom is 0.147 e. The Kier molecular flexibility index (Phi) is 6.18. The Morgan fingerprint density at radius 1 is 0.933 bits per heavy atom. The van der Waals surface area contributed by atoms with E-state index < -0.39 is 0 Å². The minimum atomic E-state index is 0.422. The number of hydrogen-bond acceptors (Lipinski definition) is 2. The van der Waals surface area contributed by atoms with Crippen molar-refractivity contribution >= 4 is 11.0 Å². The fraction of sp³-hybridized carbons (Fsp3) is 0.296. The molecule has 0 aliphatic carbocycles. The van der Waals surface area contributed by atoms with Gasteiger partial charge in [-0.3, -0.25) is 0 Å². The number of rotatable bonds is 8. The predicted octanol–water partition coefficient (Wildman–Crippen LogP) is 6.68. The van der Waals surface area contributed by atoms with Gasteiger partial charge < -0.3 is 9.30 Å². The lowest BCUT2D eigenvalue weighted by atomic mass is 10.0. The Bertz CT molecular complexity index is 1110. The molecule has 3 nitrogen and oxygen atoms in total. The third-order valence-corrected chi connectivity index (χ3v) is 5.57. The Labute approximate surface area is 179 Å². The molecule has 0 fully saturated rings. The Morgan fingerprint density at radius 2 is 1.70 bits per heavy atom. The molecule has 0 N–H and O–H groups in total. The molecule has 0 amide bonds. The van der Waals surface area contributed by atoms with E-state index in [0.29, 0.717) is 12.5 Å². The van der Waals surface area contributed by atoms with Crippen molar-refractivity contribution in [3.8, 4) is 5.75 Å². The van der Waals surface area contributed by atoms with Crippen LogP contribution in [0.25, 0.3) is 11.0 Å². The van der Waals surface area contributed by atoms with Crippen LogP contribution in [0.5, 0.6) is 5.75 Å². The molecule has 1 heterocycles. The summed E-state index contributed by atoms with van der Waals surface area (Å²) >= 11 is 0. The van der Waals surface area contributed by atoms with Crippen LogP contribution in [0, 0.1) is 6.92 Å². The quantitative estimate of drug-likeness (QED) is 0.331. The van der Waals surface area contributed by atoms with Crippen LogP contribution in [0.2, 0.25) is 0 Å². The Balaban J connectivity index is 1.55. The summed E-state index contributed by atoms with van der Waals surface area (Å²) in [5.41, 5.74) is 6.04. The summed E-state index contributed by atoms with van der Waals surface area (Å²) in [6.45, 7) is 7.92. The first-order valence-electron chi connectivity index (χ1n) is 10.8. The Morgan fingerprint density at radius 3 is 2.50 bits per heavy atom. The van der Waals surface area contributed by atoms with E-state index in [9.17, 15) is 0 Å². The van der Waals surface area contributed by atoms with E-state index in [4.69, 9.17) is 9.72 Å². The third kappa shape index (κ3) is 4.56. The van der Waals surface area contributed by atoms with E-state index in [2.05, 4.69) is 92.1 Å². The third-order valence-electron chi connectivity index (χ3n) is 5.57. The van der Waals surface area contributed by atoms with E-state index in [1.54, 1.807) is 0 Å². The first kappa shape index (κ1) is 20.2. The van der Waals surface area contributed by atoms with Crippen molar-refractivity contribution < 1.29 is 4.74 Å². The van der Waals surface area contributed by atoms with Crippen molar-refractivity contribution in [1.82, 2.24) is 9.55 Å². The summed E-state index contributed by atoms with van der Waals surface area (Å²) in [6, 6.07) is 25.5. The molecule has 0 bridgehead atoms. The monoisotopic (exact) mass is 398 g/mol. The fourth-order valence-electron chi connectivity index (χ4n) is 3.96. The van der Waals surface area contributed by atoms with Gasteiger partial charge in [-0.05, 0) is 60.6 Å². The van der Waals surface area contributed by atoms with Gasteiger partial charge in [-0.1, -0.05) is 68.4 Å². The largest absolute Gasteiger partial charge is 0.485 e. The minimum absolute atomic E-state index is 0.422. The van der Waals surface area contributed by atoms with Gasteiger partial charge in [0, 0.05) is 6.54 Å². The van der Waals surface area contributed by atoms with Crippen molar-refractivity contribution in [2.75, 3.05) is 0 Å². The van der Waals surface area contributed by atoms with E-state index in [1.807, 2.05) is 6.07 Å². The highest BCUT2D eigenvalue weighted by Crippen LogP contribution is 2.28. The standard InChI is InChI=1S/C27H30N2O/c1-20(2)23-16-15-21(3)18-26(23)30-19-27-28-24-13-7-8-14-25(24)29(27)17-9-12-22-10-5-4-6-11-22/h4-8,10-11,13-16,18,20H,9,12,17,19H2,1-3H3. The SMILES string of the molecule is Cc1ccc(C(C)C)c(OCc2nc3ccccc3n2CCCc2ccccc2)c1. The van der Waals surface area contributed by atoms with Crippen LogP contribution in [-0.4, -0.2) is 9.55 Å². The van der Waals surface area contributed by atoms with Gasteiger partial charge in [-0.2, -0.15) is 0 Å². The summed E-state index contributed by atoms with van der Waals surface area (Å²) in [5.74, 6) is 2.37. The number of aryl methyl sites for hydroxylation is 3. The number of fused-ring (bicyclic) bond motifs is 1. The zero-order valence-corrected chi connectivity index (χ0v) is 18.1. The van der Waals surface area contributed by atoms with Gasteiger partial charge in [0.05, 0.1) is 11.0 Å². The zero-order chi connectivity index (χ0) is 20.9. The normalized spacial score (nSPS) is 11.3. The van der Waals surface area contributed by atoms with Gasteiger partial charge in [-0.25, -0.2) is 4.98 Å². The number of imidazole rings is 1. The van der Waals surface area contributed by atoms with Crippen LogP contribution in [0.3, 0.4) is 0 Å². The molecular formula is C27H30N2O. The van der Waals surface area contributed by atoms with Crippen molar-refractivity contribution in [2.24, 2.45) is 0 Å². The number of aromatic nitrogens is 2. The molecule has 0 saturated carbocycles. The van der Waals surface area contributed by atoms with E-state index in [0.717, 1.165) is 36.5 Å². The van der Waals surface area contributed by atoms with Crippen LogP contribution in [0.1, 0.15) is 48.7 Å². The molecular weight excluding hydrogens is 368 g/mol. The van der Waals surface area contributed by atoms with E-state index in [1.165, 1.54) is 22.2 Å². The summed E-state index contributed by atoms with van der Waals surface area (Å²) in [7, 11) is 0. The number of benzene rings is 3. The second-order valence-corrected chi connectivity index (χ2v) is 8.24. The van der Waals surface area contributed by atoms with Crippen molar-refractivity contribution in [2.45, 2.75) is 52.7 Å². The van der Waals surface area contributed by atoms with E-state index in [-0.39, 0.29) is 0 Å². The number of hydrogen-bond donors (Lipinski definition) is 0. The minimum Gasteiger partial charge on any atom is -0.485 e. The second-order valence-electron chi connectivity index (χ2n) is 8.24. The highest BCUT2D eigenvalue weighted by atomic mass is 16.5. The molecule has 0 saturated heterocycles. The lowest BCUT2D eigenvalue weighted by Gasteiger charge is -2.15. The van der Waals surface area contributed by atoms with Crippen LogP contribution in [0.15, 0.2) is 72.8 Å². The molecule has 0 aliphatic heterocycles. The average Bonchev–Trinajstić information content (AvgIpc) is 3.10. The van der Waals surface area contributed by atoms with E-state index >= 15 is 0 Å². The molecule has 1 aromatic heterocycles. The molecule has 0 spiro atoms. The topological polar surface area (TPSA) is 27.1 Å². The van der Waals surface area contributed by atoms with Crippen molar-refractivity contribution in [1.29, 1.82) is 0 Å². The molecule has 4 aromatic rings. The first-order valence-corrected chi connectivity index (χ1v) is 10.8. The molecule has 3 heteroatoms. The molecule has 4 rings (SSSR count). The smallest absolute Gasteiger partial charge is 0.147 e. The fourth-order valence-corrected chi connectivity index (χ4v) is 3.96. The molecule has 0 radical (unpaired) electrons. The molecule has 0 aliphatic rings. The Hall–Kier alpha value is -3.07. The highest BCUT2D eigenvalue weighted by molar-refractivity contribution is 5.75. The number of para-hydroxylation sites is 2. The maximum atomic E-state index is 6.32. The zero-order valence-electron chi connectivity index (χ0n) is 18.1. The van der Waals surface area contributed by atoms with Gasteiger partial charge in [0.2, 0.25) is 0 Å². The lowest BCUT2D eigenvalue weighted by molar-refractivity contribution is 0.285. The van der Waals surface area contributed by atoms with Gasteiger partial charge in [-0.15, -0.1) is 0 Å². The van der Waals surface area contributed by atoms with Crippen LogP contribution in [0.4, 0.5) is 0 Å². The predicted molar refractivity (Wildman–Crippen MR) is 124 cm³/mol. The second kappa shape index (κ2) is 9.17. The van der Waals surface area contributed by atoms with Crippen LogP contribution >= 0.6 is 0 Å². The molecule has 30 heavy (non-hydrogen) atoms. The van der Waals surface area contributed by atoms with Crippen LogP contribution in [-0.2, 0) is 19.6 Å². The molecule has 154 valence electrons. The molecule has 3 aromatic carbocycles. The van der Waals surface area contributed by atoms with Gasteiger partial charge in [0.25, 0.3) is 0 Å². The van der Waals surface area contributed by atoms with Gasteiger partial charge in [0.1, 0.15) is 18.2 Å². The van der Waals surface area contributed by atoms with Crippen LogP contribution < -0.4 is 4.74 Å². The van der Waals surface area contributed by atoms with Gasteiger partial charge >= 0.3 is 0 Å². The van der Waals surface area contributed by atoms with Gasteiger partial charge in [0.15, 0.2) is 0 Å². The van der Waals surface area contributed by atoms with Crippen molar-refractivity contribution in [3.05, 3.63) is 95.3 Å². The summed E-state index contributed by atoms with van der Waals surface area (Å²) in [4.78, 5) is 4.89. The number of nitrogens with zero attached hydrogens (tertiary/aromatic N) is 2.